The molecular weight excluding hydrogens is 250 g/mol. The second kappa shape index (κ2) is 4.38. The fourth-order valence-electron chi connectivity index (χ4n) is 2.16. The molecule has 2 heterocycles. The number of anilines is 1. The molecule has 5 nitrogen and oxygen atoms in total. The molecule has 0 spiro atoms. The predicted molar refractivity (Wildman–Crippen MR) is 68.1 cm³/mol. The molecule has 1 aromatic heterocycles. The number of hydrogen-bond donors (Lipinski definition) is 1. The van der Waals surface area contributed by atoms with Gasteiger partial charge in [0.1, 0.15) is 5.51 Å². The molecule has 3 rings (SSSR count). The van der Waals surface area contributed by atoms with Crippen LogP contribution in [-0.2, 0) is 13.0 Å². The second-order valence-corrected chi connectivity index (χ2v) is 4.99. The highest BCUT2D eigenvalue weighted by molar-refractivity contribution is 7.13. The number of carboxylic acids is 1. The summed E-state index contributed by atoms with van der Waals surface area (Å²) >= 11 is 1.50. The molecule has 0 aliphatic carbocycles. The molecule has 6 heteroatoms. The highest BCUT2D eigenvalue weighted by Gasteiger charge is 2.19. The van der Waals surface area contributed by atoms with Gasteiger partial charge in [-0.15, -0.1) is 10.2 Å². The summed E-state index contributed by atoms with van der Waals surface area (Å²) < 4.78 is 0. The zero-order chi connectivity index (χ0) is 12.5. The number of carbonyl (C=O) groups is 1. The Bertz CT molecular complexity index is 583. The van der Waals surface area contributed by atoms with E-state index < -0.39 is 5.97 Å². The van der Waals surface area contributed by atoms with E-state index in [1.165, 1.54) is 16.9 Å². The standard InChI is InChI=1S/C12H11N3O2S/c16-11(17)9-2-1-8-3-4-15(6-10(8)5-9)12-14-13-7-18-12/h1-2,5,7H,3-4,6H2,(H,16,17). The molecule has 0 fully saturated rings. The minimum atomic E-state index is -0.883. The van der Waals surface area contributed by atoms with Gasteiger partial charge >= 0.3 is 5.97 Å². The topological polar surface area (TPSA) is 66.3 Å². The van der Waals surface area contributed by atoms with Crippen LogP contribution < -0.4 is 4.90 Å². The van der Waals surface area contributed by atoms with Crippen LogP contribution in [0.3, 0.4) is 0 Å². The van der Waals surface area contributed by atoms with Crippen LogP contribution in [0.25, 0.3) is 0 Å². The molecular formula is C12H11N3O2S. The normalized spacial score (nSPS) is 14.3. The van der Waals surface area contributed by atoms with Crippen molar-refractivity contribution in [2.45, 2.75) is 13.0 Å². The minimum Gasteiger partial charge on any atom is -0.478 e. The van der Waals surface area contributed by atoms with Gasteiger partial charge in [-0.2, -0.15) is 0 Å². The van der Waals surface area contributed by atoms with Gasteiger partial charge in [-0.25, -0.2) is 4.79 Å². The number of aromatic carboxylic acids is 1. The molecule has 0 unspecified atom stereocenters. The molecule has 0 radical (unpaired) electrons. The molecule has 1 aliphatic rings. The molecule has 1 aromatic carbocycles. The smallest absolute Gasteiger partial charge is 0.335 e. The molecule has 92 valence electrons. The van der Waals surface area contributed by atoms with Gasteiger partial charge in [-0.05, 0) is 29.7 Å². The lowest BCUT2D eigenvalue weighted by Crippen LogP contribution is -2.30. The number of rotatable bonds is 2. The van der Waals surface area contributed by atoms with Gasteiger partial charge in [0.25, 0.3) is 0 Å². The van der Waals surface area contributed by atoms with Crippen LogP contribution in [0.15, 0.2) is 23.7 Å². The summed E-state index contributed by atoms with van der Waals surface area (Å²) in [5.74, 6) is -0.883. The number of hydrogen-bond acceptors (Lipinski definition) is 5. The van der Waals surface area contributed by atoms with Gasteiger partial charge in [-0.1, -0.05) is 17.4 Å². The van der Waals surface area contributed by atoms with E-state index in [2.05, 4.69) is 15.1 Å². The van der Waals surface area contributed by atoms with E-state index in [1.54, 1.807) is 17.6 Å². The maximum atomic E-state index is 11.0. The lowest BCUT2D eigenvalue weighted by molar-refractivity contribution is 0.0696. The Morgan fingerprint density at radius 2 is 2.28 bits per heavy atom. The van der Waals surface area contributed by atoms with E-state index in [-0.39, 0.29) is 0 Å². The fraction of sp³-hybridized carbons (Fsp3) is 0.250. The summed E-state index contributed by atoms with van der Waals surface area (Å²) in [6, 6.07) is 5.34. The lowest BCUT2D eigenvalue weighted by Gasteiger charge is -2.28. The van der Waals surface area contributed by atoms with Crippen LogP contribution in [0, 0.1) is 0 Å². The van der Waals surface area contributed by atoms with Crippen LogP contribution in [0.5, 0.6) is 0 Å². The fourth-order valence-corrected chi connectivity index (χ4v) is 2.75. The maximum absolute atomic E-state index is 11.0. The molecule has 1 N–H and O–H groups in total. The quantitative estimate of drug-likeness (QED) is 0.893. The van der Waals surface area contributed by atoms with Crippen LogP contribution in [-0.4, -0.2) is 27.8 Å². The molecule has 0 bridgehead atoms. The Labute approximate surface area is 108 Å². The molecule has 0 amide bonds. The summed E-state index contributed by atoms with van der Waals surface area (Å²) in [5, 5.41) is 17.8. The molecule has 1 aliphatic heterocycles. The van der Waals surface area contributed by atoms with Gasteiger partial charge in [0.15, 0.2) is 0 Å². The second-order valence-electron chi connectivity index (χ2n) is 4.18. The summed E-state index contributed by atoms with van der Waals surface area (Å²) in [5.41, 5.74) is 4.34. The Morgan fingerprint density at radius 1 is 1.39 bits per heavy atom. The van der Waals surface area contributed by atoms with Crippen molar-refractivity contribution in [1.82, 2.24) is 10.2 Å². The summed E-state index contributed by atoms with van der Waals surface area (Å²) in [4.78, 5) is 13.1. The molecule has 0 saturated carbocycles. The van der Waals surface area contributed by atoms with Crippen molar-refractivity contribution in [3.63, 3.8) is 0 Å². The van der Waals surface area contributed by atoms with Gasteiger partial charge < -0.3 is 10.0 Å². The van der Waals surface area contributed by atoms with Gasteiger partial charge in [0, 0.05) is 13.1 Å². The first-order chi connectivity index (χ1) is 8.74. The SMILES string of the molecule is O=C(O)c1ccc2c(c1)CN(c1nncs1)CC2. The van der Waals surface area contributed by atoms with Crippen molar-refractivity contribution in [3.05, 3.63) is 40.4 Å². The van der Waals surface area contributed by atoms with E-state index in [0.29, 0.717) is 12.1 Å². The number of carboxylic acid groups (broad SMARTS) is 1. The van der Waals surface area contributed by atoms with Crippen molar-refractivity contribution in [3.8, 4) is 0 Å². The Hall–Kier alpha value is -1.95. The average Bonchev–Trinajstić information content (AvgIpc) is 2.91. The van der Waals surface area contributed by atoms with Crippen LogP contribution in [0.4, 0.5) is 5.13 Å². The third kappa shape index (κ3) is 1.95. The number of fused-ring (bicyclic) bond motifs is 1. The summed E-state index contributed by atoms with van der Waals surface area (Å²) in [7, 11) is 0. The molecule has 0 saturated heterocycles. The molecule has 0 atom stereocenters. The third-order valence-electron chi connectivity index (χ3n) is 3.08. The molecule has 2 aromatic rings. The first-order valence-electron chi connectivity index (χ1n) is 5.60. The monoisotopic (exact) mass is 261 g/mol. The van der Waals surface area contributed by atoms with E-state index in [0.717, 1.165) is 23.7 Å². The number of aromatic nitrogens is 2. The highest BCUT2D eigenvalue weighted by atomic mass is 32.1. The van der Waals surface area contributed by atoms with Gasteiger partial charge in [-0.3, -0.25) is 0 Å². The highest BCUT2D eigenvalue weighted by Crippen LogP contribution is 2.25. The van der Waals surface area contributed by atoms with Crippen LogP contribution >= 0.6 is 11.3 Å². The Kier molecular flexibility index (Phi) is 2.71. The van der Waals surface area contributed by atoms with Crippen LogP contribution in [0.2, 0.25) is 0 Å². The number of nitrogens with zero attached hydrogens (tertiary/aromatic N) is 3. The van der Waals surface area contributed by atoms with Crippen molar-refractivity contribution in [1.29, 1.82) is 0 Å². The zero-order valence-electron chi connectivity index (χ0n) is 9.54. The van der Waals surface area contributed by atoms with Crippen molar-refractivity contribution < 1.29 is 9.90 Å². The van der Waals surface area contributed by atoms with Gasteiger partial charge in [0.05, 0.1) is 5.56 Å². The largest absolute Gasteiger partial charge is 0.478 e. The van der Waals surface area contributed by atoms with E-state index in [1.807, 2.05) is 6.07 Å². The summed E-state index contributed by atoms with van der Waals surface area (Å²) in [6.07, 6.45) is 0.912. The predicted octanol–water partition coefficient (Wildman–Crippen LogP) is 1.80. The first-order valence-corrected chi connectivity index (χ1v) is 6.48. The third-order valence-corrected chi connectivity index (χ3v) is 3.83. The van der Waals surface area contributed by atoms with Crippen molar-refractivity contribution >= 4 is 22.4 Å². The van der Waals surface area contributed by atoms with Crippen LogP contribution in [0.1, 0.15) is 21.5 Å². The Balaban J connectivity index is 1.91. The molecule has 18 heavy (non-hydrogen) atoms. The Morgan fingerprint density at radius 3 is 3.00 bits per heavy atom. The first kappa shape index (κ1) is 11.2. The van der Waals surface area contributed by atoms with E-state index >= 15 is 0 Å². The zero-order valence-corrected chi connectivity index (χ0v) is 10.4. The lowest BCUT2D eigenvalue weighted by atomic mass is 9.98. The van der Waals surface area contributed by atoms with E-state index in [9.17, 15) is 4.79 Å². The van der Waals surface area contributed by atoms with Crippen molar-refractivity contribution in [2.75, 3.05) is 11.4 Å². The summed E-state index contributed by atoms with van der Waals surface area (Å²) in [6.45, 7) is 1.60. The van der Waals surface area contributed by atoms with E-state index in [4.69, 9.17) is 5.11 Å². The van der Waals surface area contributed by atoms with Crippen molar-refractivity contribution in [2.24, 2.45) is 0 Å². The average molecular weight is 261 g/mol. The van der Waals surface area contributed by atoms with Gasteiger partial charge in [0.2, 0.25) is 5.13 Å². The maximum Gasteiger partial charge on any atom is 0.335 e. The number of benzene rings is 1. The minimum absolute atomic E-state index is 0.341.